The average molecular weight is 487 g/mol. The Morgan fingerprint density at radius 3 is 2.39 bits per heavy atom. The van der Waals surface area contributed by atoms with Gasteiger partial charge in [0.2, 0.25) is 5.78 Å². The maximum Gasteiger partial charge on any atom is 0.253 e. The second kappa shape index (κ2) is 7.60. The smallest absolute Gasteiger partial charge is 0.253 e. The standard InChI is InChI=1S/C22H21N3O2.HI/c1-25(2,3)12-11-23-22(27)18-13-24-20-19-15(9-6-10-16(18)19)14-7-4-5-8-17(14)21(20)26;/h4-10,13H,11-12H2,1-3H3;1H. The van der Waals surface area contributed by atoms with E-state index in [9.17, 15) is 9.59 Å². The van der Waals surface area contributed by atoms with Gasteiger partial charge in [-0.3, -0.25) is 14.6 Å². The van der Waals surface area contributed by atoms with Crippen molar-refractivity contribution in [2.45, 2.75) is 0 Å². The van der Waals surface area contributed by atoms with Crippen LogP contribution in [0.25, 0.3) is 21.9 Å². The van der Waals surface area contributed by atoms with Crippen molar-refractivity contribution in [1.82, 2.24) is 10.3 Å². The molecule has 0 aliphatic heterocycles. The predicted octanol–water partition coefficient (Wildman–Crippen LogP) is -0.114. The fourth-order valence-electron chi connectivity index (χ4n) is 3.52. The summed E-state index contributed by atoms with van der Waals surface area (Å²) in [5, 5.41) is 4.50. The number of nitrogens with zero attached hydrogens (tertiary/aromatic N) is 2. The molecule has 0 atom stereocenters. The fourth-order valence-corrected chi connectivity index (χ4v) is 3.52. The molecule has 1 aliphatic rings. The minimum Gasteiger partial charge on any atom is -1.00 e. The molecule has 3 aromatic rings. The van der Waals surface area contributed by atoms with Crippen LogP contribution in [0.2, 0.25) is 0 Å². The van der Waals surface area contributed by atoms with Crippen molar-refractivity contribution < 1.29 is 38.0 Å². The van der Waals surface area contributed by atoms with Gasteiger partial charge in [-0.1, -0.05) is 42.5 Å². The lowest BCUT2D eigenvalue weighted by Crippen LogP contribution is -3.00. The minimum atomic E-state index is -0.161. The van der Waals surface area contributed by atoms with Crippen LogP contribution in [0.3, 0.4) is 0 Å². The van der Waals surface area contributed by atoms with Crippen LogP contribution < -0.4 is 29.3 Å². The quantitative estimate of drug-likeness (QED) is 0.323. The molecule has 1 N–H and O–H groups in total. The molecule has 0 unspecified atom stereocenters. The highest BCUT2D eigenvalue weighted by molar-refractivity contribution is 6.26. The molecule has 1 aliphatic carbocycles. The monoisotopic (exact) mass is 487 g/mol. The summed E-state index contributed by atoms with van der Waals surface area (Å²) in [4.78, 5) is 30.0. The third-order valence-corrected chi connectivity index (χ3v) is 4.90. The number of nitrogens with one attached hydrogen (secondary N) is 1. The topological polar surface area (TPSA) is 59.1 Å². The summed E-state index contributed by atoms with van der Waals surface area (Å²) in [6, 6.07) is 13.3. The second-order valence-corrected chi connectivity index (χ2v) is 7.89. The third kappa shape index (κ3) is 3.54. The van der Waals surface area contributed by atoms with Gasteiger partial charge in [-0.05, 0) is 16.5 Å². The first-order valence-electron chi connectivity index (χ1n) is 9.01. The number of likely N-dealkylation sites (N-methyl/N-ethyl adjacent to an activating group) is 1. The van der Waals surface area contributed by atoms with E-state index in [1.807, 2.05) is 42.5 Å². The van der Waals surface area contributed by atoms with Crippen molar-refractivity contribution in [2.75, 3.05) is 34.2 Å². The first kappa shape index (κ1) is 20.4. The van der Waals surface area contributed by atoms with Crippen LogP contribution in [0.1, 0.15) is 26.4 Å². The van der Waals surface area contributed by atoms with E-state index in [1.54, 1.807) is 0 Å². The van der Waals surface area contributed by atoms with Crippen molar-refractivity contribution in [3.63, 3.8) is 0 Å². The lowest BCUT2D eigenvalue weighted by atomic mass is 9.84. The summed E-state index contributed by atoms with van der Waals surface area (Å²) in [6.45, 7) is 1.40. The van der Waals surface area contributed by atoms with E-state index in [0.29, 0.717) is 23.4 Å². The van der Waals surface area contributed by atoms with Crippen LogP contribution >= 0.6 is 0 Å². The molecule has 1 heterocycles. The number of benzene rings is 2. The van der Waals surface area contributed by atoms with Gasteiger partial charge in [0.25, 0.3) is 5.91 Å². The molecule has 0 radical (unpaired) electrons. The van der Waals surface area contributed by atoms with Gasteiger partial charge in [0.05, 0.1) is 39.8 Å². The molecule has 0 spiro atoms. The fraction of sp³-hybridized carbons (Fsp3) is 0.227. The van der Waals surface area contributed by atoms with Gasteiger partial charge in [-0.15, -0.1) is 0 Å². The van der Waals surface area contributed by atoms with E-state index in [4.69, 9.17) is 0 Å². The SMILES string of the molecule is C[N+](C)(C)CCNC(=O)c1cnc2c3c(cccc13)-c1ccccc1C2=O.[I-]. The number of fused-ring (bicyclic) bond motifs is 2. The van der Waals surface area contributed by atoms with Crippen LogP contribution in [0.4, 0.5) is 0 Å². The maximum atomic E-state index is 12.9. The molecule has 6 heteroatoms. The predicted molar refractivity (Wildman–Crippen MR) is 106 cm³/mol. The Labute approximate surface area is 181 Å². The second-order valence-electron chi connectivity index (χ2n) is 7.89. The van der Waals surface area contributed by atoms with E-state index < -0.39 is 0 Å². The lowest BCUT2D eigenvalue weighted by Gasteiger charge is -2.24. The van der Waals surface area contributed by atoms with Gasteiger partial charge >= 0.3 is 0 Å². The Hall–Kier alpha value is -2.32. The van der Waals surface area contributed by atoms with E-state index in [-0.39, 0.29) is 35.7 Å². The molecule has 0 saturated heterocycles. The molecule has 5 nitrogen and oxygen atoms in total. The Balaban J connectivity index is 0.00000225. The number of pyridine rings is 1. The number of aromatic nitrogens is 1. The number of halogens is 1. The molecular weight excluding hydrogens is 465 g/mol. The van der Waals surface area contributed by atoms with Crippen LogP contribution in [0, 0.1) is 0 Å². The number of carbonyl (C=O) groups excluding carboxylic acids is 2. The summed E-state index contributed by atoms with van der Waals surface area (Å²) in [5.41, 5.74) is 3.42. The van der Waals surface area contributed by atoms with Crippen LogP contribution in [0.15, 0.2) is 48.7 Å². The number of amides is 1. The molecular formula is C22H22IN3O2. The Bertz CT molecular complexity index is 1090. The van der Waals surface area contributed by atoms with E-state index in [0.717, 1.165) is 32.9 Å². The highest BCUT2D eigenvalue weighted by atomic mass is 127. The molecule has 28 heavy (non-hydrogen) atoms. The normalized spacial score (nSPS) is 12.3. The molecule has 1 amide bonds. The zero-order valence-electron chi connectivity index (χ0n) is 16.1. The van der Waals surface area contributed by atoms with Crippen molar-refractivity contribution in [1.29, 1.82) is 0 Å². The number of ketones is 1. The van der Waals surface area contributed by atoms with Crippen LogP contribution in [-0.4, -0.2) is 55.4 Å². The van der Waals surface area contributed by atoms with E-state index >= 15 is 0 Å². The zero-order valence-corrected chi connectivity index (χ0v) is 18.3. The average Bonchev–Trinajstić information content (AvgIpc) is 2.64. The van der Waals surface area contributed by atoms with Gasteiger partial charge < -0.3 is 33.8 Å². The number of hydrogen-bond donors (Lipinski definition) is 1. The van der Waals surface area contributed by atoms with E-state index in [1.165, 1.54) is 6.20 Å². The van der Waals surface area contributed by atoms with Crippen molar-refractivity contribution >= 4 is 22.5 Å². The van der Waals surface area contributed by atoms with Crippen molar-refractivity contribution in [2.24, 2.45) is 0 Å². The molecule has 144 valence electrons. The lowest BCUT2D eigenvalue weighted by molar-refractivity contribution is -0.869. The number of rotatable bonds is 4. The van der Waals surface area contributed by atoms with Crippen LogP contribution in [0.5, 0.6) is 0 Å². The molecule has 0 bridgehead atoms. The Morgan fingerprint density at radius 2 is 1.68 bits per heavy atom. The maximum absolute atomic E-state index is 12.9. The number of quaternary nitrogens is 1. The molecule has 2 aromatic carbocycles. The third-order valence-electron chi connectivity index (χ3n) is 4.90. The van der Waals surface area contributed by atoms with E-state index in [2.05, 4.69) is 31.4 Å². The summed E-state index contributed by atoms with van der Waals surface area (Å²) >= 11 is 0. The first-order chi connectivity index (χ1) is 12.9. The molecule has 0 fully saturated rings. The number of hydrogen-bond acceptors (Lipinski definition) is 3. The summed E-state index contributed by atoms with van der Waals surface area (Å²) in [6.07, 6.45) is 1.52. The Kier molecular flexibility index (Phi) is 5.54. The van der Waals surface area contributed by atoms with Gasteiger partial charge in [-0.2, -0.15) is 0 Å². The molecule has 1 aromatic heterocycles. The Morgan fingerprint density at radius 1 is 1.00 bits per heavy atom. The van der Waals surface area contributed by atoms with Crippen molar-refractivity contribution in [3.05, 3.63) is 65.5 Å². The number of carbonyl (C=O) groups is 2. The van der Waals surface area contributed by atoms with Crippen molar-refractivity contribution in [3.8, 4) is 11.1 Å². The largest absolute Gasteiger partial charge is 1.00 e. The van der Waals surface area contributed by atoms with Gasteiger partial charge in [0.15, 0.2) is 0 Å². The van der Waals surface area contributed by atoms with Gasteiger partial charge in [0.1, 0.15) is 5.69 Å². The first-order valence-corrected chi connectivity index (χ1v) is 9.01. The molecule has 0 saturated carbocycles. The summed E-state index contributed by atoms with van der Waals surface area (Å²) in [5.74, 6) is -0.253. The van der Waals surface area contributed by atoms with Gasteiger partial charge in [0, 0.05) is 17.1 Å². The highest BCUT2D eigenvalue weighted by Gasteiger charge is 2.27. The summed E-state index contributed by atoms with van der Waals surface area (Å²) in [7, 11) is 6.25. The summed E-state index contributed by atoms with van der Waals surface area (Å²) < 4.78 is 0.771. The minimum absolute atomic E-state index is 0. The molecule has 4 rings (SSSR count). The highest BCUT2D eigenvalue weighted by Crippen LogP contribution is 2.39. The van der Waals surface area contributed by atoms with Gasteiger partial charge in [-0.25, -0.2) is 0 Å². The zero-order chi connectivity index (χ0) is 19.2. The van der Waals surface area contributed by atoms with Crippen LogP contribution in [-0.2, 0) is 0 Å².